The summed E-state index contributed by atoms with van der Waals surface area (Å²) in [6.45, 7) is 2.50. The van der Waals surface area contributed by atoms with Gasteiger partial charge in [0.05, 0.1) is 0 Å². The topological polar surface area (TPSA) is 70.2 Å². The summed E-state index contributed by atoms with van der Waals surface area (Å²) in [6, 6.07) is 13.5. The molecule has 5 nitrogen and oxygen atoms in total. The van der Waals surface area contributed by atoms with Crippen molar-refractivity contribution in [1.82, 2.24) is 5.32 Å². The van der Waals surface area contributed by atoms with E-state index in [9.17, 15) is 14.0 Å². The van der Waals surface area contributed by atoms with Gasteiger partial charge in [0.1, 0.15) is 5.82 Å². The first-order valence-electron chi connectivity index (χ1n) is 8.15. The van der Waals surface area contributed by atoms with Crippen LogP contribution in [0.15, 0.2) is 48.5 Å². The Hall–Kier alpha value is -2.89. The van der Waals surface area contributed by atoms with Crippen molar-refractivity contribution in [3.63, 3.8) is 0 Å². The van der Waals surface area contributed by atoms with Crippen LogP contribution in [0.4, 0.5) is 15.8 Å². The van der Waals surface area contributed by atoms with E-state index in [0.29, 0.717) is 25.9 Å². The summed E-state index contributed by atoms with van der Waals surface area (Å²) < 4.78 is 12.8. The number of anilines is 2. The normalized spacial score (nSPS) is 10.2. The van der Waals surface area contributed by atoms with Crippen LogP contribution in [0.5, 0.6) is 0 Å². The van der Waals surface area contributed by atoms with Gasteiger partial charge in [0, 0.05) is 37.8 Å². The zero-order valence-corrected chi connectivity index (χ0v) is 14.1. The summed E-state index contributed by atoms with van der Waals surface area (Å²) in [4.78, 5) is 22.7. The Morgan fingerprint density at radius 3 is 2.20 bits per heavy atom. The fraction of sp³-hybridized carbons (Fsp3) is 0.263. The first kappa shape index (κ1) is 18.4. The van der Waals surface area contributed by atoms with Gasteiger partial charge in [-0.25, -0.2) is 4.39 Å². The number of hydrogen-bond donors (Lipinski definition) is 3. The Labute approximate surface area is 146 Å². The molecule has 6 heteroatoms. The molecule has 2 aromatic rings. The van der Waals surface area contributed by atoms with Gasteiger partial charge in [-0.3, -0.25) is 9.59 Å². The van der Waals surface area contributed by atoms with Gasteiger partial charge in [-0.05, 0) is 48.4 Å². The van der Waals surface area contributed by atoms with Crippen molar-refractivity contribution in [3.8, 4) is 0 Å². The van der Waals surface area contributed by atoms with Crippen molar-refractivity contribution in [2.45, 2.75) is 19.8 Å². The molecule has 2 amide bonds. The molecule has 0 bridgehead atoms. The van der Waals surface area contributed by atoms with Crippen molar-refractivity contribution >= 4 is 23.2 Å². The lowest BCUT2D eigenvalue weighted by Crippen LogP contribution is -2.27. The van der Waals surface area contributed by atoms with Gasteiger partial charge >= 0.3 is 0 Å². The first-order valence-corrected chi connectivity index (χ1v) is 8.15. The molecule has 0 heterocycles. The lowest BCUT2D eigenvalue weighted by atomic mass is 10.1. The van der Waals surface area contributed by atoms with E-state index in [1.807, 2.05) is 12.1 Å². The number of benzene rings is 2. The fourth-order valence-electron chi connectivity index (χ4n) is 2.28. The number of hydrogen-bond acceptors (Lipinski definition) is 3. The highest BCUT2D eigenvalue weighted by molar-refractivity contribution is 5.88. The van der Waals surface area contributed by atoms with Crippen LogP contribution in [0.2, 0.25) is 0 Å². The van der Waals surface area contributed by atoms with Crippen LogP contribution >= 0.6 is 0 Å². The minimum absolute atomic E-state index is 0.0375. The maximum Gasteiger partial charge on any atom is 0.221 e. The van der Waals surface area contributed by atoms with E-state index in [-0.39, 0.29) is 17.6 Å². The molecule has 0 aliphatic carbocycles. The zero-order valence-electron chi connectivity index (χ0n) is 14.1. The van der Waals surface area contributed by atoms with E-state index < -0.39 is 0 Å². The molecule has 0 spiro atoms. The Morgan fingerprint density at radius 1 is 0.920 bits per heavy atom. The highest BCUT2D eigenvalue weighted by Crippen LogP contribution is 2.13. The predicted octanol–water partition coefficient (Wildman–Crippen LogP) is 2.95. The van der Waals surface area contributed by atoms with Crippen molar-refractivity contribution in [2.75, 3.05) is 23.7 Å². The summed E-state index contributed by atoms with van der Waals surface area (Å²) in [7, 11) is 0. The Bertz CT molecular complexity index is 700. The summed E-state index contributed by atoms with van der Waals surface area (Å²) in [5, 5.41) is 8.69. The second kappa shape index (κ2) is 9.42. The third-order valence-corrected chi connectivity index (χ3v) is 3.54. The Morgan fingerprint density at radius 2 is 1.56 bits per heavy atom. The smallest absolute Gasteiger partial charge is 0.221 e. The number of halogens is 1. The maximum absolute atomic E-state index is 12.8. The molecule has 0 aliphatic heterocycles. The van der Waals surface area contributed by atoms with Gasteiger partial charge in [-0.15, -0.1) is 0 Å². The molecule has 0 atom stereocenters. The molecule has 0 saturated carbocycles. The van der Waals surface area contributed by atoms with Crippen molar-refractivity contribution in [2.24, 2.45) is 0 Å². The summed E-state index contributed by atoms with van der Waals surface area (Å²) in [5.74, 6) is -0.411. The summed E-state index contributed by atoms with van der Waals surface area (Å²) >= 11 is 0. The molecule has 25 heavy (non-hydrogen) atoms. The van der Waals surface area contributed by atoms with Gasteiger partial charge in [0.25, 0.3) is 0 Å². The van der Waals surface area contributed by atoms with Crippen molar-refractivity contribution in [3.05, 3.63) is 59.9 Å². The molecule has 0 unspecified atom stereocenters. The quantitative estimate of drug-likeness (QED) is 0.690. The molecular formula is C19H22FN3O2. The van der Waals surface area contributed by atoms with Gasteiger partial charge in [-0.2, -0.15) is 0 Å². The Kier molecular flexibility index (Phi) is 6.95. The second-order valence-electron chi connectivity index (χ2n) is 5.66. The Balaban J connectivity index is 1.63. The summed E-state index contributed by atoms with van der Waals surface area (Å²) in [5.41, 5.74) is 2.60. The van der Waals surface area contributed by atoms with Crippen LogP contribution in [0.25, 0.3) is 0 Å². The number of carbonyl (C=O) groups is 2. The maximum atomic E-state index is 12.8. The first-order chi connectivity index (χ1) is 12.0. The van der Waals surface area contributed by atoms with Crippen LogP contribution in [0, 0.1) is 5.82 Å². The third kappa shape index (κ3) is 7.03. The van der Waals surface area contributed by atoms with Gasteiger partial charge in [0.2, 0.25) is 11.8 Å². The lowest BCUT2D eigenvalue weighted by Gasteiger charge is -2.09. The van der Waals surface area contributed by atoms with Crippen LogP contribution in [0.3, 0.4) is 0 Å². The fourth-order valence-corrected chi connectivity index (χ4v) is 2.28. The molecule has 0 radical (unpaired) electrons. The van der Waals surface area contributed by atoms with Gasteiger partial charge in [-0.1, -0.05) is 12.1 Å². The number of rotatable bonds is 8. The average Bonchev–Trinajstić information content (AvgIpc) is 2.58. The van der Waals surface area contributed by atoms with E-state index in [4.69, 9.17) is 0 Å². The van der Waals surface area contributed by atoms with Crippen LogP contribution < -0.4 is 16.0 Å². The standard InChI is InChI=1S/C19H22FN3O2/c1-14(24)23-18-8-6-17(7-9-18)21-13-11-19(25)22-12-10-15-2-4-16(20)5-3-15/h2-9,21H,10-13H2,1H3,(H,22,25)(H,23,24). The van der Waals surface area contributed by atoms with E-state index >= 15 is 0 Å². The second-order valence-corrected chi connectivity index (χ2v) is 5.66. The van der Waals surface area contributed by atoms with E-state index in [0.717, 1.165) is 16.9 Å². The van der Waals surface area contributed by atoms with Gasteiger partial charge < -0.3 is 16.0 Å². The highest BCUT2D eigenvalue weighted by atomic mass is 19.1. The van der Waals surface area contributed by atoms with Crippen molar-refractivity contribution < 1.29 is 14.0 Å². The van der Waals surface area contributed by atoms with E-state index in [1.165, 1.54) is 19.1 Å². The third-order valence-electron chi connectivity index (χ3n) is 3.54. The molecular weight excluding hydrogens is 321 g/mol. The van der Waals surface area contributed by atoms with Crippen LogP contribution in [0.1, 0.15) is 18.9 Å². The molecule has 0 aromatic heterocycles. The van der Waals surface area contributed by atoms with Gasteiger partial charge in [0.15, 0.2) is 0 Å². The molecule has 0 aliphatic rings. The summed E-state index contributed by atoms with van der Waals surface area (Å²) in [6.07, 6.45) is 1.03. The van der Waals surface area contributed by atoms with E-state index in [2.05, 4.69) is 16.0 Å². The average molecular weight is 343 g/mol. The number of nitrogens with one attached hydrogen (secondary N) is 3. The van der Waals surface area contributed by atoms with Crippen LogP contribution in [-0.2, 0) is 16.0 Å². The van der Waals surface area contributed by atoms with Crippen LogP contribution in [-0.4, -0.2) is 24.9 Å². The number of amides is 2. The molecule has 0 fully saturated rings. The zero-order chi connectivity index (χ0) is 18.1. The highest BCUT2D eigenvalue weighted by Gasteiger charge is 2.02. The number of carbonyl (C=O) groups excluding carboxylic acids is 2. The minimum atomic E-state index is -0.260. The minimum Gasteiger partial charge on any atom is -0.385 e. The lowest BCUT2D eigenvalue weighted by molar-refractivity contribution is -0.120. The molecule has 3 N–H and O–H groups in total. The van der Waals surface area contributed by atoms with Crippen molar-refractivity contribution in [1.29, 1.82) is 0 Å². The predicted molar refractivity (Wildman–Crippen MR) is 97.0 cm³/mol. The largest absolute Gasteiger partial charge is 0.385 e. The molecule has 0 saturated heterocycles. The molecule has 132 valence electrons. The molecule has 2 aromatic carbocycles. The van der Waals surface area contributed by atoms with E-state index in [1.54, 1.807) is 24.3 Å². The monoisotopic (exact) mass is 343 g/mol. The molecule has 2 rings (SSSR count). The SMILES string of the molecule is CC(=O)Nc1ccc(NCCC(=O)NCCc2ccc(F)cc2)cc1.